The molecule has 13 heavy (non-hydrogen) atoms. The second-order valence-electron chi connectivity index (χ2n) is 4.13. The number of sulfone groups is 1. The van der Waals surface area contributed by atoms with E-state index in [1.165, 1.54) is 12.8 Å². The molecule has 1 saturated carbocycles. The van der Waals surface area contributed by atoms with Crippen molar-refractivity contribution in [2.45, 2.75) is 50.2 Å². The van der Waals surface area contributed by atoms with Gasteiger partial charge in [0, 0.05) is 12.6 Å². The molecule has 0 aromatic heterocycles. The molecule has 1 rings (SSSR count). The Labute approximate surface area is 80.8 Å². The van der Waals surface area contributed by atoms with Gasteiger partial charge in [0.2, 0.25) is 0 Å². The molecule has 0 amide bonds. The third kappa shape index (κ3) is 2.95. The lowest BCUT2D eigenvalue weighted by atomic mass is 10.4. The van der Waals surface area contributed by atoms with Crippen LogP contribution in [0.5, 0.6) is 0 Å². The molecule has 0 saturated heterocycles. The zero-order valence-electron chi connectivity index (χ0n) is 8.58. The van der Waals surface area contributed by atoms with Crippen LogP contribution in [-0.4, -0.2) is 31.5 Å². The highest BCUT2D eigenvalue weighted by molar-refractivity contribution is 7.92. The number of hydrogen-bond acceptors (Lipinski definition) is 3. The van der Waals surface area contributed by atoms with Gasteiger partial charge >= 0.3 is 0 Å². The predicted molar refractivity (Wildman–Crippen MR) is 54.5 cm³/mol. The van der Waals surface area contributed by atoms with Gasteiger partial charge in [0.25, 0.3) is 0 Å². The Morgan fingerprint density at radius 3 is 2.23 bits per heavy atom. The molecule has 0 bridgehead atoms. The largest absolute Gasteiger partial charge is 0.313 e. The minimum atomic E-state index is -2.91. The fourth-order valence-electron chi connectivity index (χ4n) is 1.20. The SMILES string of the molecule is CC(C)S(=O)(=O)C(C)CNC1CC1. The summed E-state index contributed by atoms with van der Waals surface area (Å²) < 4.78 is 23.2. The molecule has 0 heterocycles. The molecule has 0 aromatic carbocycles. The van der Waals surface area contributed by atoms with Gasteiger partial charge in [-0.05, 0) is 33.6 Å². The van der Waals surface area contributed by atoms with Crippen LogP contribution in [-0.2, 0) is 9.84 Å². The molecular weight excluding hydrogens is 186 g/mol. The molecule has 1 aliphatic carbocycles. The molecule has 1 aliphatic rings. The van der Waals surface area contributed by atoms with Crippen LogP contribution in [0.2, 0.25) is 0 Å². The molecule has 1 fully saturated rings. The van der Waals surface area contributed by atoms with Crippen LogP contribution in [0.15, 0.2) is 0 Å². The van der Waals surface area contributed by atoms with Crippen molar-refractivity contribution in [2.24, 2.45) is 0 Å². The van der Waals surface area contributed by atoms with E-state index in [0.29, 0.717) is 12.6 Å². The Morgan fingerprint density at radius 1 is 1.31 bits per heavy atom. The summed E-state index contributed by atoms with van der Waals surface area (Å²) in [4.78, 5) is 0. The van der Waals surface area contributed by atoms with Crippen LogP contribution >= 0.6 is 0 Å². The lowest BCUT2D eigenvalue weighted by Crippen LogP contribution is -2.35. The molecule has 4 heteroatoms. The van der Waals surface area contributed by atoms with Crippen molar-refractivity contribution in [3.63, 3.8) is 0 Å². The van der Waals surface area contributed by atoms with Crippen molar-refractivity contribution in [2.75, 3.05) is 6.54 Å². The van der Waals surface area contributed by atoms with Crippen LogP contribution in [0.25, 0.3) is 0 Å². The van der Waals surface area contributed by atoms with E-state index in [1.807, 2.05) is 0 Å². The summed E-state index contributed by atoms with van der Waals surface area (Å²) in [6, 6.07) is 0.588. The molecule has 0 spiro atoms. The number of rotatable bonds is 5. The number of nitrogens with one attached hydrogen (secondary N) is 1. The quantitative estimate of drug-likeness (QED) is 0.727. The maximum absolute atomic E-state index is 11.6. The third-order valence-electron chi connectivity index (χ3n) is 2.49. The second-order valence-corrected chi connectivity index (χ2v) is 7.06. The topological polar surface area (TPSA) is 46.2 Å². The van der Waals surface area contributed by atoms with Crippen LogP contribution in [0, 0.1) is 0 Å². The smallest absolute Gasteiger partial charge is 0.156 e. The first kappa shape index (κ1) is 11.0. The molecule has 1 unspecified atom stereocenters. The summed E-state index contributed by atoms with van der Waals surface area (Å²) >= 11 is 0. The first-order chi connectivity index (χ1) is 5.94. The summed E-state index contributed by atoms with van der Waals surface area (Å²) in [6.45, 7) is 5.86. The van der Waals surface area contributed by atoms with Gasteiger partial charge in [0.1, 0.15) is 0 Å². The molecule has 3 nitrogen and oxygen atoms in total. The van der Waals surface area contributed by atoms with Gasteiger partial charge in [-0.25, -0.2) is 8.42 Å². The standard InChI is InChI=1S/C9H19NO2S/c1-7(2)13(11,12)8(3)6-10-9-4-5-9/h7-10H,4-6H2,1-3H3. The van der Waals surface area contributed by atoms with E-state index in [4.69, 9.17) is 0 Å². The zero-order valence-corrected chi connectivity index (χ0v) is 9.39. The molecule has 0 radical (unpaired) electrons. The third-order valence-corrected chi connectivity index (χ3v) is 5.09. The molecule has 0 aromatic rings. The van der Waals surface area contributed by atoms with Gasteiger partial charge in [-0.1, -0.05) is 0 Å². The monoisotopic (exact) mass is 205 g/mol. The highest BCUT2D eigenvalue weighted by Crippen LogP contribution is 2.19. The first-order valence-electron chi connectivity index (χ1n) is 4.90. The average molecular weight is 205 g/mol. The first-order valence-corrected chi connectivity index (χ1v) is 6.51. The van der Waals surface area contributed by atoms with Crippen LogP contribution in [0.1, 0.15) is 33.6 Å². The van der Waals surface area contributed by atoms with E-state index >= 15 is 0 Å². The Hall–Kier alpha value is -0.0900. The molecule has 1 atom stereocenters. The van der Waals surface area contributed by atoms with E-state index < -0.39 is 9.84 Å². The maximum atomic E-state index is 11.6. The zero-order chi connectivity index (χ0) is 10.1. The fraction of sp³-hybridized carbons (Fsp3) is 1.00. The van der Waals surface area contributed by atoms with Gasteiger partial charge in [-0.15, -0.1) is 0 Å². The summed E-state index contributed by atoms with van der Waals surface area (Å²) in [6.07, 6.45) is 2.41. The highest BCUT2D eigenvalue weighted by Gasteiger charge is 2.27. The summed E-state index contributed by atoms with van der Waals surface area (Å²) in [5, 5.41) is 2.72. The molecule has 78 valence electrons. The van der Waals surface area contributed by atoms with Gasteiger partial charge in [-0.3, -0.25) is 0 Å². The van der Waals surface area contributed by atoms with Gasteiger partial charge in [-0.2, -0.15) is 0 Å². The molecule has 0 aliphatic heterocycles. The van der Waals surface area contributed by atoms with E-state index in [0.717, 1.165) is 0 Å². The van der Waals surface area contributed by atoms with Gasteiger partial charge < -0.3 is 5.32 Å². The van der Waals surface area contributed by atoms with Crippen molar-refractivity contribution in [3.05, 3.63) is 0 Å². The lowest BCUT2D eigenvalue weighted by Gasteiger charge is -2.15. The van der Waals surface area contributed by atoms with E-state index in [2.05, 4.69) is 5.32 Å². The van der Waals surface area contributed by atoms with Gasteiger partial charge in [0.05, 0.1) is 10.5 Å². The van der Waals surface area contributed by atoms with E-state index in [-0.39, 0.29) is 10.5 Å². The Kier molecular flexibility index (Phi) is 3.35. The lowest BCUT2D eigenvalue weighted by molar-refractivity contribution is 0.562. The maximum Gasteiger partial charge on any atom is 0.156 e. The van der Waals surface area contributed by atoms with Crippen LogP contribution in [0.3, 0.4) is 0 Å². The Balaban J connectivity index is 2.40. The minimum Gasteiger partial charge on any atom is -0.313 e. The molecular formula is C9H19NO2S. The normalized spacial score (nSPS) is 20.6. The van der Waals surface area contributed by atoms with E-state index in [9.17, 15) is 8.42 Å². The minimum absolute atomic E-state index is 0.256. The highest BCUT2D eigenvalue weighted by atomic mass is 32.2. The summed E-state index contributed by atoms with van der Waals surface area (Å²) in [7, 11) is -2.91. The van der Waals surface area contributed by atoms with Crippen molar-refractivity contribution < 1.29 is 8.42 Å². The Bertz CT molecular complexity index is 255. The fourth-order valence-corrected chi connectivity index (χ4v) is 2.46. The van der Waals surface area contributed by atoms with Gasteiger partial charge in [0.15, 0.2) is 9.84 Å². The Morgan fingerprint density at radius 2 is 1.85 bits per heavy atom. The predicted octanol–water partition coefficient (Wildman–Crippen LogP) is 0.950. The van der Waals surface area contributed by atoms with Crippen LogP contribution in [0.4, 0.5) is 0 Å². The van der Waals surface area contributed by atoms with Crippen molar-refractivity contribution in [3.8, 4) is 0 Å². The summed E-state index contributed by atoms with van der Waals surface area (Å²) in [5.41, 5.74) is 0. The second kappa shape index (κ2) is 3.96. The van der Waals surface area contributed by atoms with Crippen molar-refractivity contribution >= 4 is 9.84 Å². The van der Waals surface area contributed by atoms with Crippen molar-refractivity contribution in [1.82, 2.24) is 5.32 Å². The summed E-state index contributed by atoms with van der Waals surface area (Å²) in [5.74, 6) is 0. The average Bonchev–Trinajstić information content (AvgIpc) is 2.82. The van der Waals surface area contributed by atoms with Crippen LogP contribution < -0.4 is 5.32 Å². The van der Waals surface area contributed by atoms with E-state index in [1.54, 1.807) is 20.8 Å². The number of hydrogen-bond donors (Lipinski definition) is 1. The molecule has 1 N–H and O–H groups in total. The van der Waals surface area contributed by atoms with Crippen molar-refractivity contribution in [1.29, 1.82) is 0 Å².